The van der Waals surface area contributed by atoms with Crippen LogP contribution in [0.1, 0.15) is 12.8 Å². The molecular formula is C11H20N2O3. The number of hydrogen-bond donors (Lipinski definition) is 1. The minimum atomic E-state index is -0.104. The van der Waals surface area contributed by atoms with Crippen LogP contribution in [-0.4, -0.2) is 62.9 Å². The van der Waals surface area contributed by atoms with Crippen LogP contribution in [0.25, 0.3) is 0 Å². The van der Waals surface area contributed by atoms with Crippen LogP contribution in [0.15, 0.2) is 0 Å². The fraction of sp³-hybridized carbons (Fsp3) is 0.909. The second kappa shape index (κ2) is 5.12. The van der Waals surface area contributed by atoms with E-state index in [9.17, 15) is 4.79 Å². The Labute approximate surface area is 96.1 Å². The number of methoxy groups -OCH3 is 1. The highest BCUT2D eigenvalue weighted by atomic mass is 16.5. The highest BCUT2D eigenvalue weighted by Crippen LogP contribution is 2.27. The number of carbonyl (C=O) groups excluding carboxylic acids is 1. The quantitative estimate of drug-likeness (QED) is 0.715. The topological polar surface area (TPSA) is 50.8 Å². The van der Waals surface area contributed by atoms with Gasteiger partial charge in [0.05, 0.1) is 12.2 Å². The zero-order valence-electron chi connectivity index (χ0n) is 9.83. The molecule has 16 heavy (non-hydrogen) atoms. The molecule has 1 spiro atoms. The van der Waals surface area contributed by atoms with E-state index in [4.69, 9.17) is 9.47 Å². The van der Waals surface area contributed by atoms with Gasteiger partial charge < -0.3 is 19.7 Å². The summed E-state index contributed by atoms with van der Waals surface area (Å²) in [5.41, 5.74) is -0.104. The molecule has 0 bridgehead atoms. The van der Waals surface area contributed by atoms with Crippen LogP contribution in [0.2, 0.25) is 0 Å². The van der Waals surface area contributed by atoms with Gasteiger partial charge in [0.15, 0.2) is 0 Å². The molecule has 0 aromatic carbocycles. The second-order valence-corrected chi connectivity index (χ2v) is 4.53. The van der Waals surface area contributed by atoms with Gasteiger partial charge in [0.2, 0.25) is 5.91 Å². The average molecular weight is 228 g/mol. The van der Waals surface area contributed by atoms with Crippen LogP contribution in [0.3, 0.4) is 0 Å². The Hall–Kier alpha value is -0.650. The summed E-state index contributed by atoms with van der Waals surface area (Å²) in [6.45, 7) is 4.17. The van der Waals surface area contributed by atoms with Crippen LogP contribution in [0.4, 0.5) is 0 Å². The molecule has 0 aliphatic carbocycles. The molecule has 1 N–H and O–H groups in total. The van der Waals surface area contributed by atoms with E-state index in [0.717, 1.165) is 32.5 Å². The lowest BCUT2D eigenvalue weighted by Crippen LogP contribution is -2.58. The van der Waals surface area contributed by atoms with E-state index in [1.54, 1.807) is 7.11 Å². The normalized spacial score (nSPS) is 25.1. The summed E-state index contributed by atoms with van der Waals surface area (Å²) in [5, 5.41) is 3.32. The van der Waals surface area contributed by atoms with E-state index in [1.165, 1.54) is 0 Å². The molecule has 2 rings (SSSR count). The zero-order valence-corrected chi connectivity index (χ0v) is 9.83. The monoisotopic (exact) mass is 228 g/mol. The molecule has 0 saturated carbocycles. The summed E-state index contributed by atoms with van der Waals surface area (Å²) in [6.07, 6.45) is 1.98. The molecule has 0 unspecified atom stereocenters. The summed E-state index contributed by atoms with van der Waals surface area (Å²) in [7, 11) is 1.66. The van der Waals surface area contributed by atoms with Crippen molar-refractivity contribution in [2.24, 2.45) is 0 Å². The number of nitrogens with one attached hydrogen (secondary N) is 1. The average Bonchev–Trinajstić information content (AvgIpc) is 2.32. The third-order valence-electron chi connectivity index (χ3n) is 3.41. The van der Waals surface area contributed by atoms with Crippen LogP contribution in [-0.2, 0) is 14.3 Å². The summed E-state index contributed by atoms with van der Waals surface area (Å²) in [5.74, 6) is 0.0845. The molecule has 2 aliphatic rings. The fourth-order valence-electron chi connectivity index (χ4n) is 2.38. The number of nitrogens with zero attached hydrogens (tertiary/aromatic N) is 1. The first kappa shape index (κ1) is 11.8. The van der Waals surface area contributed by atoms with Gasteiger partial charge in [-0.2, -0.15) is 0 Å². The van der Waals surface area contributed by atoms with Crippen molar-refractivity contribution in [2.45, 2.75) is 18.4 Å². The second-order valence-electron chi connectivity index (χ2n) is 4.53. The van der Waals surface area contributed by atoms with Crippen LogP contribution < -0.4 is 5.32 Å². The summed E-state index contributed by atoms with van der Waals surface area (Å²) in [6, 6.07) is 0. The van der Waals surface area contributed by atoms with E-state index < -0.39 is 0 Å². The number of carbonyl (C=O) groups is 1. The Morgan fingerprint density at radius 3 is 2.94 bits per heavy atom. The van der Waals surface area contributed by atoms with Gasteiger partial charge in [0.25, 0.3) is 0 Å². The number of rotatable bonds is 3. The Morgan fingerprint density at radius 1 is 1.50 bits per heavy atom. The molecule has 5 heteroatoms. The molecule has 2 fully saturated rings. The third-order valence-corrected chi connectivity index (χ3v) is 3.41. The lowest BCUT2D eigenvalue weighted by Gasteiger charge is -2.44. The largest absolute Gasteiger partial charge is 0.383 e. The van der Waals surface area contributed by atoms with Crippen molar-refractivity contribution in [2.75, 3.05) is 46.5 Å². The number of morpholine rings is 1. The Kier molecular flexibility index (Phi) is 3.78. The molecule has 5 nitrogen and oxygen atoms in total. The maximum atomic E-state index is 11.7. The number of ether oxygens (including phenoxy) is 2. The number of amides is 1. The van der Waals surface area contributed by atoms with E-state index in [-0.39, 0.29) is 18.1 Å². The summed E-state index contributed by atoms with van der Waals surface area (Å²) >= 11 is 0. The standard InChI is InChI=1S/C11H20N2O3/c1-15-7-6-13-9-11(16-8-10(13)14)2-4-12-5-3-11/h12H,2-9H2,1H3. The molecule has 0 radical (unpaired) electrons. The minimum Gasteiger partial charge on any atom is -0.383 e. The molecule has 92 valence electrons. The lowest BCUT2D eigenvalue weighted by molar-refractivity contribution is -0.168. The SMILES string of the molecule is COCCN1CC2(CCNCC2)OCC1=O. The van der Waals surface area contributed by atoms with Crippen molar-refractivity contribution in [3.05, 3.63) is 0 Å². The smallest absolute Gasteiger partial charge is 0.248 e. The third kappa shape index (κ3) is 2.53. The van der Waals surface area contributed by atoms with Gasteiger partial charge in [-0.25, -0.2) is 0 Å². The van der Waals surface area contributed by atoms with E-state index in [1.807, 2.05) is 4.90 Å². The van der Waals surface area contributed by atoms with Gasteiger partial charge in [-0.1, -0.05) is 0 Å². The fourth-order valence-corrected chi connectivity index (χ4v) is 2.38. The first-order chi connectivity index (χ1) is 7.76. The molecular weight excluding hydrogens is 208 g/mol. The Morgan fingerprint density at radius 2 is 2.25 bits per heavy atom. The molecule has 0 aromatic heterocycles. The number of piperidine rings is 1. The van der Waals surface area contributed by atoms with Crippen molar-refractivity contribution >= 4 is 5.91 Å². The minimum absolute atomic E-state index is 0.0845. The van der Waals surface area contributed by atoms with Crippen LogP contribution >= 0.6 is 0 Å². The lowest BCUT2D eigenvalue weighted by atomic mass is 9.90. The Balaban J connectivity index is 1.94. The van der Waals surface area contributed by atoms with Crippen molar-refractivity contribution in [3.8, 4) is 0 Å². The maximum absolute atomic E-state index is 11.7. The van der Waals surface area contributed by atoms with E-state index in [0.29, 0.717) is 13.2 Å². The predicted molar refractivity (Wildman–Crippen MR) is 59.2 cm³/mol. The highest BCUT2D eigenvalue weighted by Gasteiger charge is 2.40. The van der Waals surface area contributed by atoms with Crippen molar-refractivity contribution in [1.82, 2.24) is 10.2 Å². The van der Waals surface area contributed by atoms with Crippen LogP contribution in [0, 0.1) is 0 Å². The maximum Gasteiger partial charge on any atom is 0.248 e. The molecule has 2 heterocycles. The van der Waals surface area contributed by atoms with Crippen molar-refractivity contribution < 1.29 is 14.3 Å². The molecule has 0 aromatic rings. The highest BCUT2D eigenvalue weighted by molar-refractivity contribution is 5.78. The van der Waals surface area contributed by atoms with Crippen LogP contribution in [0.5, 0.6) is 0 Å². The molecule has 1 amide bonds. The summed E-state index contributed by atoms with van der Waals surface area (Å²) in [4.78, 5) is 13.5. The molecule has 2 saturated heterocycles. The molecule has 0 atom stereocenters. The van der Waals surface area contributed by atoms with Gasteiger partial charge in [-0.15, -0.1) is 0 Å². The van der Waals surface area contributed by atoms with Crippen molar-refractivity contribution in [1.29, 1.82) is 0 Å². The van der Waals surface area contributed by atoms with E-state index >= 15 is 0 Å². The van der Waals surface area contributed by atoms with E-state index in [2.05, 4.69) is 5.32 Å². The summed E-state index contributed by atoms with van der Waals surface area (Å²) < 4.78 is 10.8. The van der Waals surface area contributed by atoms with Gasteiger partial charge in [-0.05, 0) is 25.9 Å². The number of hydrogen-bond acceptors (Lipinski definition) is 4. The first-order valence-corrected chi connectivity index (χ1v) is 5.87. The van der Waals surface area contributed by atoms with Gasteiger partial charge in [-0.3, -0.25) is 4.79 Å². The zero-order chi connectivity index (χ0) is 11.4. The van der Waals surface area contributed by atoms with Gasteiger partial charge in [0.1, 0.15) is 6.61 Å². The Bertz CT molecular complexity index is 252. The van der Waals surface area contributed by atoms with Gasteiger partial charge >= 0.3 is 0 Å². The van der Waals surface area contributed by atoms with Crippen molar-refractivity contribution in [3.63, 3.8) is 0 Å². The predicted octanol–water partition coefficient (Wildman–Crippen LogP) is -0.386. The van der Waals surface area contributed by atoms with Gasteiger partial charge in [0, 0.05) is 20.2 Å². The molecule has 2 aliphatic heterocycles. The first-order valence-electron chi connectivity index (χ1n) is 5.87.